The van der Waals surface area contributed by atoms with Gasteiger partial charge in [-0.05, 0) is 46.0 Å². The molecule has 0 aromatic carbocycles. The zero-order chi connectivity index (χ0) is 15.0. The lowest BCUT2D eigenvalue weighted by Crippen LogP contribution is -2.53. The van der Waals surface area contributed by atoms with Crippen LogP contribution in [-0.2, 0) is 0 Å². The summed E-state index contributed by atoms with van der Waals surface area (Å²) in [6.07, 6.45) is 5.29. The fraction of sp³-hybridized carbons (Fsp3) is 0.800. The smallest absolute Gasteiger partial charge is 0.321 e. The maximum absolute atomic E-state index is 13.0. The lowest BCUT2D eigenvalue weighted by molar-refractivity contribution is 0.0856. The number of aryl methyl sites for hydroxylation is 1. The summed E-state index contributed by atoms with van der Waals surface area (Å²) in [5, 5.41) is 8.01. The van der Waals surface area contributed by atoms with Gasteiger partial charge in [0.25, 0.3) is 0 Å². The van der Waals surface area contributed by atoms with Gasteiger partial charge in [0.15, 0.2) is 0 Å². The minimum absolute atomic E-state index is 0.0555. The molecule has 2 aliphatic heterocycles. The van der Waals surface area contributed by atoms with Gasteiger partial charge in [0.1, 0.15) is 6.04 Å². The number of carbonyl (C=O) groups is 1. The fourth-order valence-corrected chi connectivity index (χ4v) is 3.65. The van der Waals surface area contributed by atoms with Crippen molar-refractivity contribution in [3.05, 3.63) is 11.8 Å². The van der Waals surface area contributed by atoms with Gasteiger partial charge in [-0.3, -0.25) is 0 Å². The predicted octanol–water partition coefficient (Wildman–Crippen LogP) is 2.90. The zero-order valence-corrected chi connectivity index (χ0v) is 13.1. The molecular formula is C15H24N4O2. The van der Waals surface area contributed by atoms with Gasteiger partial charge in [0.05, 0.1) is 0 Å². The van der Waals surface area contributed by atoms with E-state index in [1.807, 2.05) is 9.80 Å². The summed E-state index contributed by atoms with van der Waals surface area (Å²) in [5.41, 5.74) is 0. The van der Waals surface area contributed by atoms with Crippen molar-refractivity contribution in [2.45, 2.75) is 71.0 Å². The molecule has 0 spiro atoms. The molecule has 6 nitrogen and oxygen atoms in total. The third kappa shape index (κ3) is 2.63. The summed E-state index contributed by atoms with van der Waals surface area (Å²) in [6, 6.07) is 0.701. The van der Waals surface area contributed by atoms with E-state index >= 15 is 0 Å². The quantitative estimate of drug-likeness (QED) is 0.798. The van der Waals surface area contributed by atoms with E-state index in [0.717, 1.165) is 32.2 Å². The average molecular weight is 292 g/mol. The third-order valence-electron chi connectivity index (χ3n) is 4.74. The molecule has 3 rings (SSSR count). The molecule has 1 aromatic heterocycles. The molecule has 3 atom stereocenters. The Balaban J connectivity index is 1.79. The molecule has 0 unspecified atom stereocenters. The van der Waals surface area contributed by atoms with Gasteiger partial charge < -0.3 is 14.2 Å². The molecule has 2 aliphatic rings. The van der Waals surface area contributed by atoms with Crippen LogP contribution in [0.25, 0.3) is 0 Å². The van der Waals surface area contributed by atoms with Gasteiger partial charge in [-0.2, -0.15) is 0 Å². The largest absolute Gasteiger partial charge is 0.423 e. The van der Waals surface area contributed by atoms with Gasteiger partial charge >= 0.3 is 6.03 Å². The van der Waals surface area contributed by atoms with Crippen LogP contribution in [0.3, 0.4) is 0 Å². The van der Waals surface area contributed by atoms with Crippen LogP contribution >= 0.6 is 0 Å². The van der Waals surface area contributed by atoms with E-state index in [1.165, 1.54) is 6.42 Å². The van der Waals surface area contributed by atoms with Crippen LogP contribution in [0, 0.1) is 6.92 Å². The molecule has 2 amide bonds. The van der Waals surface area contributed by atoms with Crippen LogP contribution in [0.4, 0.5) is 4.79 Å². The Kier molecular flexibility index (Phi) is 3.87. The SMILES string of the molecule is Cc1nnc([C@@H]2CCCN2C(=O)N2[C@H](C)CCC[C@H]2C)o1. The first-order valence-electron chi connectivity index (χ1n) is 7.97. The van der Waals surface area contributed by atoms with E-state index in [4.69, 9.17) is 4.42 Å². The van der Waals surface area contributed by atoms with Crippen molar-refractivity contribution in [1.82, 2.24) is 20.0 Å². The maximum atomic E-state index is 13.0. The number of likely N-dealkylation sites (tertiary alicyclic amines) is 2. The highest BCUT2D eigenvalue weighted by molar-refractivity contribution is 5.76. The highest BCUT2D eigenvalue weighted by Gasteiger charge is 2.39. The second kappa shape index (κ2) is 5.66. The van der Waals surface area contributed by atoms with Crippen LogP contribution in [0.15, 0.2) is 4.42 Å². The molecule has 1 aromatic rings. The number of hydrogen-bond acceptors (Lipinski definition) is 4. The second-order valence-corrected chi connectivity index (χ2v) is 6.33. The lowest BCUT2D eigenvalue weighted by Gasteiger charge is -2.41. The van der Waals surface area contributed by atoms with Crippen LogP contribution in [0.1, 0.15) is 63.8 Å². The molecule has 6 heteroatoms. The first-order chi connectivity index (χ1) is 10.1. The molecule has 0 aliphatic carbocycles. The minimum Gasteiger partial charge on any atom is -0.423 e. The van der Waals surface area contributed by atoms with Crippen LogP contribution in [0.2, 0.25) is 0 Å². The zero-order valence-electron chi connectivity index (χ0n) is 13.1. The summed E-state index contributed by atoms with van der Waals surface area (Å²) in [5.74, 6) is 1.14. The highest BCUT2D eigenvalue weighted by atomic mass is 16.4. The Labute approximate surface area is 125 Å². The van der Waals surface area contributed by atoms with Crippen LogP contribution in [0.5, 0.6) is 0 Å². The molecule has 2 fully saturated rings. The Morgan fingerprint density at radius 1 is 1.14 bits per heavy atom. The van der Waals surface area contributed by atoms with Gasteiger partial charge in [-0.15, -0.1) is 10.2 Å². The van der Waals surface area contributed by atoms with Crippen molar-refractivity contribution in [1.29, 1.82) is 0 Å². The predicted molar refractivity (Wildman–Crippen MR) is 77.7 cm³/mol. The van der Waals surface area contributed by atoms with E-state index < -0.39 is 0 Å². The minimum atomic E-state index is -0.0555. The molecule has 2 saturated heterocycles. The molecule has 0 N–H and O–H groups in total. The number of carbonyl (C=O) groups excluding carboxylic acids is 1. The van der Waals surface area contributed by atoms with Gasteiger partial charge in [0, 0.05) is 25.6 Å². The number of amides is 2. The number of hydrogen-bond donors (Lipinski definition) is 0. The summed E-state index contributed by atoms with van der Waals surface area (Å²) in [4.78, 5) is 16.9. The van der Waals surface area contributed by atoms with Crippen molar-refractivity contribution in [2.75, 3.05) is 6.54 Å². The lowest BCUT2D eigenvalue weighted by atomic mass is 9.98. The Morgan fingerprint density at radius 3 is 2.48 bits per heavy atom. The molecule has 0 bridgehead atoms. The van der Waals surface area contributed by atoms with Gasteiger partial charge in [-0.1, -0.05) is 0 Å². The standard InChI is InChI=1S/C15H24N4O2/c1-10-6-4-7-11(2)19(10)15(20)18-9-5-8-13(18)14-17-16-12(3)21-14/h10-11,13H,4-9H2,1-3H3/t10-,11-,13+/m1/s1. The summed E-state index contributed by atoms with van der Waals surface area (Å²) in [7, 11) is 0. The van der Waals surface area contributed by atoms with Crippen molar-refractivity contribution < 1.29 is 9.21 Å². The third-order valence-corrected chi connectivity index (χ3v) is 4.74. The van der Waals surface area contributed by atoms with E-state index in [0.29, 0.717) is 23.9 Å². The Bertz CT molecular complexity index is 506. The molecule has 0 radical (unpaired) electrons. The van der Waals surface area contributed by atoms with Crippen LogP contribution < -0.4 is 0 Å². The highest BCUT2D eigenvalue weighted by Crippen LogP contribution is 2.34. The first-order valence-corrected chi connectivity index (χ1v) is 7.97. The Hall–Kier alpha value is -1.59. The summed E-state index contributed by atoms with van der Waals surface area (Å²) in [6.45, 7) is 6.86. The van der Waals surface area contributed by atoms with Crippen molar-refractivity contribution >= 4 is 6.03 Å². The first kappa shape index (κ1) is 14.4. The number of rotatable bonds is 1. The maximum Gasteiger partial charge on any atom is 0.321 e. The monoisotopic (exact) mass is 292 g/mol. The van der Waals surface area contributed by atoms with E-state index in [2.05, 4.69) is 24.0 Å². The summed E-state index contributed by atoms with van der Waals surface area (Å²) >= 11 is 0. The van der Waals surface area contributed by atoms with Crippen molar-refractivity contribution in [3.63, 3.8) is 0 Å². The molecular weight excluding hydrogens is 268 g/mol. The Morgan fingerprint density at radius 2 is 1.86 bits per heavy atom. The van der Waals surface area contributed by atoms with Crippen LogP contribution in [-0.4, -0.2) is 44.7 Å². The molecule has 21 heavy (non-hydrogen) atoms. The molecule has 116 valence electrons. The number of nitrogens with zero attached hydrogens (tertiary/aromatic N) is 4. The van der Waals surface area contributed by atoms with Crippen molar-refractivity contribution in [3.8, 4) is 0 Å². The number of piperidine rings is 1. The van der Waals surface area contributed by atoms with E-state index in [-0.39, 0.29) is 12.1 Å². The van der Waals surface area contributed by atoms with Gasteiger partial charge in [0.2, 0.25) is 11.8 Å². The average Bonchev–Trinajstić information content (AvgIpc) is 3.06. The van der Waals surface area contributed by atoms with Gasteiger partial charge in [-0.25, -0.2) is 4.79 Å². The fourth-order valence-electron chi connectivity index (χ4n) is 3.65. The number of urea groups is 1. The number of aromatic nitrogens is 2. The van der Waals surface area contributed by atoms with Crippen molar-refractivity contribution in [2.24, 2.45) is 0 Å². The topological polar surface area (TPSA) is 62.5 Å². The van der Waals surface area contributed by atoms with E-state index in [9.17, 15) is 4.79 Å². The normalized spacial score (nSPS) is 30.0. The molecule has 3 heterocycles. The summed E-state index contributed by atoms with van der Waals surface area (Å²) < 4.78 is 5.55. The second-order valence-electron chi connectivity index (χ2n) is 6.33. The van der Waals surface area contributed by atoms with E-state index in [1.54, 1.807) is 6.92 Å². The molecule has 0 saturated carbocycles.